The van der Waals surface area contributed by atoms with Crippen molar-refractivity contribution in [3.05, 3.63) is 0 Å². The molecule has 2 saturated heterocycles. The summed E-state index contributed by atoms with van der Waals surface area (Å²) in [5.74, 6) is 0.199. The summed E-state index contributed by atoms with van der Waals surface area (Å²) in [4.78, 5) is 13.7. The summed E-state index contributed by atoms with van der Waals surface area (Å²) in [7, 11) is 0. The van der Waals surface area contributed by atoms with Gasteiger partial charge in [0.1, 0.15) is 0 Å². The molecular weight excluding hydrogens is 190 g/mol. The Morgan fingerprint density at radius 1 is 1.53 bits per heavy atom. The van der Waals surface area contributed by atoms with Gasteiger partial charge >= 0.3 is 0 Å². The highest BCUT2D eigenvalue weighted by molar-refractivity contribution is 5.76. The quantitative estimate of drug-likeness (QED) is 0.673. The molecule has 1 amide bonds. The second-order valence-electron chi connectivity index (χ2n) is 4.77. The number of carbonyl (C=O) groups is 1. The third-order valence-corrected chi connectivity index (χ3v) is 3.24. The van der Waals surface area contributed by atoms with E-state index in [1.165, 1.54) is 12.8 Å². The van der Waals surface area contributed by atoms with Crippen molar-refractivity contribution in [2.24, 2.45) is 0 Å². The molecule has 4 heteroatoms. The van der Waals surface area contributed by atoms with E-state index in [1.807, 2.05) is 0 Å². The lowest BCUT2D eigenvalue weighted by atomic mass is 10.2. The van der Waals surface area contributed by atoms with Crippen LogP contribution in [-0.4, -0.2) is 49.1 Å². The Bertz CT molecular complexity index is 226. The number of nitrogens with zero attached hydrogens (tertiary/aromatic N) is 1. The van der Waals surface area contributed by atoms with Crippen LogP contribution in [0.1, 0.15) is 26.2 Å². The SMILES string of the molecule is CC1CN(CC2CCCN2)CCC(=O)N1. The molecule has 2 aliphatic rings. The molecule has 2 atom stereocenters. The maximum atomic E-state index is 11.3. The zero-order valence-electron chi connectivity index (χ0n) is 9.46. The summed E-state index contributed by atoms with van der Waals surface area (Å²) in [5.41, 5.74) is 0. The maximum Gasteiger partial charge on any atom is 0.221 e. The Morgan fingerprint density at radius 3 is 3.13 bits per heavy atom. The van der Waals surface area contributed by atoms with Gasteiger partial charge in [0.2, 0.25) is 5.91 Å². The van der Waals surface area contributed by atoms with Crippen LogP contribution in [0.25, 0.3) is 0 Å². The van der Waals surface area contributed by atoms with Crippen LogP contribution in [-0.2, 0) is 4.79 Å². The molecule has 15 heavy (non-hydrogen) atoms. The molecule has 2 fully saturated rings. The zero-order chi connectivity index (χ0) is 10.7. The van der Waals surface area contributed by atoms with Gasteiger partial charge in [0, 0.05) is 38.1 Å². The standard InChI is InChI=1S/C11H21N3O/c1-9-7-14(6-4-11(15)13-9)8-10-3-2-5-12-10/h9-10,12H,2-8H2,1H3,(H,13,15). The molecule has 2 heterocycles. The molecule has 2 unspecified atom stereocenters. The van der Waals surface area contributed by atoms with Crippen molar-refractivity contribution in [1.29, 1.82) is 0 Å². The second kappa shape index (κ2) is 4.94. The summed E-state index contributed by atoms with van der Waals surface area (Å²) >= 11 is 0. The van der Waals surface area contributed by atoms with Crippen LogP contribution in [0.5, 0.6) is 0 Å². The van der Waals surface area contributed by atoms with Gasteiger partial charge in [-0.3, -0.25) is 9.69 Å². The van der Waals surface area contributed by atoms with Gasteiger partial charge < -0.3 is 10.6 Å². The predicted octanol–water partition coefficient (Wildman–Crippen LogP) is -0.0512. The molecule has 86 valence electrons. The molecule has 0 aromatic heterocycles. The fourth-order valence-corrected chi connectivity index (χ4v) is 2.52. The van der Waals surface area contributed by atoms with Crippen molar-refractivity contribution >= 4 is 5.91 Å². The lowest BCUT2D eigenvalue weighted by Gasteiger charge is -2.25. The number of rotatable bonds is 2. The van der Waals surface area contributed by atoms with Crippen LogP contribution in [0.3, 0.4) is 0 Å². The van der Waals surface area contributed by atoms with Crippen molar-refractivity contribution in [2.75, 3.05) is 26.2 Å². The topological polar surface area (TPSA) is 44.4 Å². The van der Waals surface area contributed by atoms with Crippen molar-refractivity contribution in [1.82, 2.24) is 15.5 Å². The largest absolute Gasteiger partial charge is 0.352 e. The number of hydrogen-bond acceptors (Lipinski definition) is 3. The van der Waals surface area contributed by atoms with Gasteiger partial charge in [0.25, 0.3) is 0 Å². The van der Waals surface area contributed by atoms with Gasteiger partial charge in [-0.05, 0) is 26.3 Å². The van der Waals surface area contributed by atoms with Gasteiger partial charge in [-0.2, -0.15) is 0 Å². The first-order chi connectivity index (χ1) is 7.24. The molecule has 4 nitrogen and oxygen atoms in total. The highest BCUT2D eigenvalue weighted by Crippen LogP contribution is 2.09. The van der Waals surface area contributed by atoms with E-state index in [-0.39, 0.29) is 5.91 Å². The molecular formula is C11H21N3O. The average molecular weight is 211 g/mol. The minimum Gasteiger partial charge on any atom is -0.352 e. The molecule has 2 N–H and O–H groups in total. The number of nitrogens with one attached hydrogen (secondary N) is 2. The van der Waals surface area contributed by atoms with E-state index in [4.69, 9.17) is 0 Å². The molecule has 0 aliphatic carbocycles. The van der Waals surface area contributed by atoms with Crippen molar-refractivity contribution in [3.63, 3.8) is 0 Å². The Kier molecular flexibility index (Phi) is 3.59. The number of amides is 1. The monoisotopic (exact) mass is 211 g/mol. The second-order valence-corrected chi connectivity index (χ2v) is 4.77. The minimum absolute atomic E-state index is 0.199. The fraction of sp³-hybridized carbons (Fsp3) is 0.909. The van der Waals surface area contributed by atoms with Crippen molar-refractivity contribution < 1.29 is 4.79 Å². The summed E-state index contributed by atoms with van der Waals surface area (Å²) in [5, 5.41) is 6.50. The first-order valence-electron chi connectivity index (χ1n) is 5.99. The van der Waals surface area contributed by atoms with Crippen molar-refractivity contribution in [3.8, 4) is 0 Å². The molecule has 0 bridgehead atoms. The Labute approximate surface area is 91.4 Å². The van der Waals surface area contributed by atoms with Crippen LogP contribution < -0.4 is 10.6 Å². The van der Waals surface area contributed by atoms with Crippen LogP contribution in [0.4, 0.5) is 0 Å². The Balaban J connectivity index is 1.82. The van der Waals surface area contributed by atoms with E-state index >= 15 is 0 Å². The normalized spacial score (nSPS) is 33.8. The highest BCUT2D eigenvalue weighted by atomic mass is 16.1. The summed E-state index contributed by atoms with van der Waals surface area (Å²) in [6.07, 6.45) is 3.23. The predicted molar refractivity (Wildman–Crippen MR) is 59.7 cm³/mol. The van der Waals surface area contributed by atoms with Crippen LogP contribution >= 0.6 is 0 Å². The summed E-state index contributed by atoms with van der Waals surface area (Å²) < 4.78 is 0. The first-order valence-corrected chi connectivity index (χ1v) is 5.99. The highest BCUT2D eigenvalue weighted by Gasteiger charge is 2.22. The third-order valence-electron chi connectivity index (χ3n) is 3.24. The van der Waals surface area contributed by atoms with Crippen LogP contribution in [0, 0.1) is 0 Å². The summed E-state index contributed by atoms with van der Waals surface area (Å²) in [6, 6.07) is 0.937. The van der Waals surface area contributed by atoms with Gasteiger partial charge in [-0.15, -0.1) is 0 Å². The smallest absolute Gasteiger partial charge is 0.221 e. The van der Waals surface area contributed by atoms with E-state index in [2.05, 4.69) is 22.5 Å². The van der Waals surface area contributed by atoms with Crippen LogP contribution in [0.15, 0.2) is 0 Å². The fourth-order valence-electron chi connectivity index (χ4n) is 2.52. The molecule has 0 radical (unpaired) electrons. The van der Waals surface area contributed by atoms with E-state index in [0.29, 0.717) is 18.5 Å². The molecule has 0 aromatic carbocycles. The average Bonchev–Trinajstić information content (AvgIpc) is 2.61. The molecule has 2 aliphatic heterocycles. The summed E-state index contributed by atoms with van der Waals surface area (Å²) in [6.45, 7) is 6.24. The molecule has 0 spiro atoms. The minimum atomic E-state index is 0.199. The van der Waals surface area contributed by atoms with E-state index in [0.717, 1.165) is 26.2 Å². The third kappa shape index (κ3) is 3.18. The number of carbonyl (C=O) groups excluding carboxylic acids is 1. The van der Waals surface area contributed by atoms with Gasteiger partial charge in [-0.25, -0.2) is 0 Å². The van der Waals surface area contributed by atoms with Crippen molar-refractivity contribution in [2.45, 2.75) is 38.3 Å². The zero-order valence-corrected chi connectivity index (χ0v) is 9.46. The maximum absolute atomic E-state index is 11.3. The lowest BCUT2D eigenvalue weighted by Crippen LogP contribution is -2.42. The van der Waals surface area contributed by atoms with Gasteiger partial charge in [0.05, 0.1) is 0 Å². The van der Waals surface area contributed by atoms with Crippen LogP contribution in [0.2, 0.25) is 0 Å². The Morgan fingerprint density at radius 2 is 2.40 bits per heavy atom. The van der Waals surface area contributed by atoms with E-state index in [1.54, 1.807) is 0 Å². The van der Waals surface area contributed by atoms with Gasteiger partial charge in [-0.1, -0.05) is 0 Å². The van der Waals surface area contributed by atoms with E-state index < -0.39 is 0 Å². The van der Waals surface area contributed by atoms with E-state index in [9.17, 15) is 4.79 Å². The first kappa shape index (κ1) is 10.9. The molecule has 0 aromatic rings. The molecule has 0 saturated carbocycles. The van der Waals surface area contributed by atoms with Gasteiger partial charge in [0.15, 0.2) is 0 Å². The Hall–Kier alpha value is -0.610. The molecule has 2 rings (SSSR count). The lowest BCUT2D eigenvalue weighted by molar-refractivity contribution is -0.121. The number of hydrogen-bond donors (Lipinski definition) is 2.